The number of halogens is 4. The molecule has 1 heterocycles. The summed E-state index contributed by atoms with van der Waals surface area (Å²) >= 11 is 0. The number of ether oxygens (including phenoxy) is 1. The van der Waals surface area contributed by atoms with E-state index in [1.165, 1.54) is 0 Å². The van der Waals surface area contributed by atoms with Crippen LogP contribution in [0.25, 0.3) is 0 Å². The molecule has 1 fully saturated rings. The number of benzene rings is 1. The molecule has 7 heteroatoms. The van der Waals surface area contributed by atoms with Gasteiger partial charge in [0.2, 0.25) is 0 Å². The minimum absolute atomic E-state index is 0.174. The molecule has 116 valence electrons. The maximum absolute atomic E-state index is 13.9. The Balaban J connectivity index is 2.40. The molecule has 1 aromatic rings. The Morgan fingerprint density at radius 3 is 2.24 bits per heavy atom. The molecule has 0 aromatic heterocycles. The first-order chi connectivity index (χ1) is 9.97. The van der Waals surface area contributed by atoms with Crippen LogP contribution < -0.4 is 5.32 Å². The summed E-state index contributed by atoms with van der Waals surface area (Å²) in [6.07, 6.45) is 2.32. The van der Waals surface area contributed by atoms with Crippen molar-refractivity contribution in [2.24, 2.45) is 0 Å². The molecule has 0 aliphatic carbocycles. The highest BCUT2D eigenvalue weighted by Crippen LogP contribution is 2.26. The van der Waals surface area contributed by atoms with E-state index in [0.29, 0.717) is 13.0 Å². The maximum Gasteiger partial charge on any atom is 0.344 e. The molecule has 0 amide bonds. The van der Waals surface area contributed by atoms with Crippen LogP contribution in [-0.2, 0) is 11.2 Å². The highest BCUT2D eigenvalue weighted by molar-refractivity contribution is 5.90. The van der Waals surface area contributed by atoms with Gasteiger partial charge in [0.25, 0.3) is 0 Å². The molecular formula is C14H15F4NO2. The van der Waals surface area contributed by atoms with E-state index in [1.54, 1.807) is 0 Å². The van der Waals surface area contributed by atoms with Gasteiger partial charge in [0.1, 0.15) is 5.56 Å². The van der Waals surface area contributed by atoms with Crippen molar-refractivity contribution in [3.8, 4) is 0 Å². The summed E-state index contributed by atoms with van der Waals surface area (Å²) in [6.45, 7) is 0.694. The minimum atomic E-state index is -1.72. The largest absolute Gasteiger partial charge is 0.465 e. The van der Waals surface area contributed by atoms with Crippen LogP contribution in [0.15, 0.2) is 0 Å². The second kappa shape index (κ2) is 6.43. The van der Waals surface area contributed by atoms with Gasteiger partial charge in [0, 0.05) is 11.6 Å². The van der Waals surface area contributed by atoms with E-state index in [2.05, 4.69) is 10.1 Å². The van der Waals surface area contributed by atoms with Gasteiger partial charge in [-0.15, -0.1) is 0 Å². The number of nitrogens with one attached hydrogen (secondary N) is 1. The van der Waals surface area contributed by atoms with Crippen LogP contribution in [0.5, 0.6) is 0 Å². The second-order valence-electron chi connectivity index (χ2n) is 4.95. The van der Waals surface area contributed by atoms with Gasteiger partial charge in [-0.2, -0.15) is 0 Å². The summed E-state index contributed by atoms with van der Waals surface area (Å²) in [7, 11) is 0.872. The van der Waals surface area contributed by atoms with Gasteiger partial charge < -0.3 is 10.1 Å². The van der Waals surface area contributed by atoms with Crippen LogP contribution in [0.2, 0.25) is 0 Å². The van der Waals surface area contributed by atoms with Crippen molar-refractivity contribution < 1.29 is 27.1 Å². The van der Waals surface area contributed by atoms with E-state index in [-0.39, 0.29) is 12.5 Å². The zero-order valence-electron chi connectivity index (χ0n) is 11.4. The standard InChI is InChI=1S/C14H15F4NO2/c1-21-14(20)9-12(17)10(15)8(11(16)13(9)18)6-7-4-2-3-5-19-7/h7,19H,2-6H2,1H3. The van der Waals surface area contributed by atoms with Gasteiger partial charge in [-0.1, -0.05) is 6.42 Å². The molecule has 1 aliphatic heterocycles. The third kappa shape index (κ3) is 3.02. The van der Waals surface area contributed by atoms with Crippen LogP contribution in [-0.4, -0.2) is 25.7 Å². The first-order valence-electron chi connectivity index (χ1n) is 6.63. The summed E-state index contributed by atoms with van der Waals surface area (Å²) in [6, 6.07) is -0.245. The van der Waals surface area contributed by atoms with E-state index < -0.39 is 40.4 Å². The van der Waals surface area contributed by atoms with Crippen LogP contribution in [0.4, 0.5) is 17.6 Å². The van der Waals surface area contributed by atoms with E-state index in [9.17, 15) is 22.4 Å². The van der Waals surface area contributed by atoms with Gasteiger partial charge in [0.15, 0.2) is 23.3 Å². The molecule has 1 aliphatic rings. The summed E-state index contributed by atoms with van der Waals surface area (Å²) < 4.78 is 59.6. The number of hydrogen-bond acceptors (Lipinski definition) is 3. The predicted molar refractivity (Wildman–Crippen MR) is 67.0 cm³/mol. The molecule has 1 aromatic carbocycles. The van der Waals surface area contributed by atoms with Gasteiger partial charge >= 0.3 is 5.97 Å². The Labute approximate surface area is 119 Å². The van der Waals surface area contributed by atoms with E-state index in [4.69, 9.17) is 0 Å². The Kier molecular flexibility index (Phi) is 4.82. The molecule has 0 spiro atoms. The molecular weight excluding hydrogens is 290 g/mol. The van der Waals surface area contributed by atoms with Crippen LogP contribution in [0.1, 0.15) is 35.2 Å². The topological polar surface area (TPSA) is 38.3 Å². The second-order valence-corrected chi connectivity index (χ2v) is 4.95. The number of piperidine rings is 1. The van der Waals surface area contributed by atoms with Gasteiger partial charge in [-0.3, -0.25) is 0 Å². The average molecular weight is 305 g/mol. The highest BCUT2D eigenvalue weighted by atomic mass is 19.2. The van der Waals surface area contributed by atoms with Crippen LogP contribution in [0, 0.1) is 23.3 Å². The third-order valence-corrected chi connectivity index (χ3v) is 3.61. The van der Waals surface area contributed by atoms with Crippen molar-refractivity contribution in [3.05, 3.63) is 34.4 Å². The molecule has 1 N–H and O–H groups in total. The first kappa shape index (κ1) is 15.8. The first-order valence-corrected chi connectivity index (χ1v) is 6.63. The number of rotatable bonds is 3. The Morgan fingerprint density at radius 1 is 1.14 bits per heavy atom. The molecule has 0 radical (unpaired) electrons. The molecule has 21 heavy (non-hydrogen) atoms. The van der Waals surface area contributed by atoms with Crippen LogP contribution in [0.3, 0.4) is 0 Å². The number of hydrogen-bond donors (Lipinski definition) is 1. The molecule has 3 nitrogen and oxygen atoms in total. The molecule has 0 bridgehead atoms. The smallest absolute Gasteiger partial charge is 0.344 e. The van der Waals surface area contributed by atoms with Gasteiger partial charge in [-0.25, -0.2) is 22.4 Å². The molecule has 0 saturated carbocycles. The zero-order chi connectivity index (χ0) is 15.6. The average Bonchev–Trinajstić information content (AvgIpc) is 2.50. The summed E-state index contributed by atoms with van der Waals surface area (Å²) in [4.78, 5) is 11.2. The Morgan fingerprint density at radius 2 is 1.76 bits per heavy atom. The van der Waals surface area contributed by atoms with Gasteiger partial charge in [-0.05, 0) is 25.8 Å². The fraction of sp³-hybridized carbons (Fsp3) is 0.500. The Hall–Kier alpha value is -1.63. The Bertz CT molecular complexity index is 527. The lowest BCUT2D eigenvalue weighted by Crippen LogP contribution is -2.36. The normalized spacial score (nSPS) is 18.6. The number of esters is 1. The van der Waals surface area contributed by atoms with Crippen molar-refractivity contribution in [2.75, 3.05) is 13.7 Å². The lowest BCUT2D eigenvalue weighted by Gasteiger charge is -2.24. The molecule has 2 rings (SSSR count). The van der Waals surface area contributed by atoms with E-state index in [0.717, 1.165) is 20.0 Å². The fourth-order valence-corrected chi connectivity index (χ4v) is 2.48. The monoisotopic (exact) mass is 305 g/mol. The van der Waals surface area contributed by atoms with E-state index >= 15 is 0 Å². The van der Waals surface area contributed by atoms with Crippen molar-refractivity contribution in [1.29, 1.82) is 0 Å². The van der Waals surface area contributed by atoms with Crippen molar-refractivity contribution in [2.45, 2.75) is 31.7 Å². The number of carbonyl (C=O) groups is 1. The van der Waals surface area contributed by atoms with Crippen molar-refractivity contribution in [1.82, 2.24) is 5.32 Å². The summed E-state index contributed by atoms with van der Waals surface area (Å²) in [5.74, 6) is -7.97. The third-order valence-electron chi connectivity index (χ3n) is 3.61. The lowest BCUT2D eigenvalue weighted by molar-refractivity contribution is 0.0586. The quantitative estimate of drug-likeness (QED) is 0.530. The fourth-order valence-electron chi connectivity index (χ4n) is 2.48. The highest BCUT2D eigenvalue weighted by Gasteiger charge is 2.31. The van der Waals surface area contributed by atoms with E-state index in [1.807, 2.05) is 0 Å². The lowest BCUT2D eigenvalue weighted by atomic mass is 9.96. The van der Waals surface area contributed by atoms with Crippen molar-refractivity contribution >= 4 is 5.97 Å². The van der Waals surface area contributed by atoms with Gasteiger partial charge in [0.05, 0.1) is 7.11 Å². The molecule has 1 saturated heterocycles. The number of methoxy groups -OCH3 is 1. The maximum atomic E-state index is 13.9. The zero-order valence-corrected chi connectivity index (χ0v) is 11.4. The van der Waals surface area contributed by atoms with Crippen molar-refractivity contribution in [3.63, 3.8) is 0 Å². The number of carbonyl (C=O) groups excluding carboxylic acids is 1. The summed E-state index contributed by atoms with van der Waals surface area (Å²) in [5.41, 5.74) is -2.02. The SMILES string of the molecule is COC(=O)c1c(F)c(F)c(CC2CCCCN2)c(F)c1F. The minimum Gasteiger partial charge on any atom is -0.465 e. The molecule has 1 unspecified atom stereocenters. The van der Waals surface area contributed by atoms with Crippen LogP contribution >= 0.6 is 0 Å². The molecule has 1 atom stereocenters. The summed E-state index contributed by atoms with van der Waals surface area (Å²) in [5, 5.41) is 3.04. The predicted octanol–water partition coefficient (Wildman–Crippen LogP) is 2.71.